The Labute approximate surface area is 92.3 Å². The highest BCUT2D eigenvalue weighted by molar-refractivity contribution is 7.99. The van der Waals surface area contributed by atoms with Crippen molar-refractivity contribution in [2.75, 3.05) is 12.0 Å². The van der Waals surface area contributed by atoms with Gasteiger partial charge in [-0.1, -0.05) is 6.92 Å². The fourth-order valence-electron chi connectivity index (χ4n) is 1.52. The Morgan fingerprint density at radius 1 is 1.36 bits per heavy atom. The lowest BCUT2D eigenvalue weighted by Crippen LogP contribution is -1.83. The number of aryl methyl sites for hydroxylation is 1. The number of thioether (sulfide) groups is 1. The second-order valence-electron chi connectivity index (χ2n) is 3.21. The van der Waals surface area contributed by atoms with Gasteiger partial charge in [0.15, 0.2) is 0 Å². The van der Waals surface area contributed by atoms with Crippen LogP contribution in [0.4, 0.5) is 5.69 Å². The number of hydrogen-bond acceptors (Lipinski definition) is 3. The predicted molar refractivity (Wildman–Crippen MR) is 67.4 cm³/mol. The third-order valence-electron chi connectivity index (χ3n) is 2.22. The maximum atomic E-state index is 5.84. The summed E-state index contributed by atoms with van der Waals surface area (Å²) in [4.78, 5) is 2.73. The lowest BCUT2D eigenvalue weighted by molar-refractivity contribution is 1.19. The van der Waals surface area contributed by atoms with Crippen LogP contribution < -0.4 is 5.73 Å². The standard InChI is InChI=1S/C11H13NS2/c1-3-9-5-7-4-8(12)6-10(13-2)11(7)14-9/h4-6H,3,12H2,1-2H3. The zero-order valence-electron chi connectivity index (χ0n) is 8.33. The van der Waals surface area contributed by atoms with Crippen molar-refractivity contribution in [2.24, 2.45) is 0 Å². The molecule has 0 saturated carbocycles. The SMILES string of the molecule is CCc1cc2cc(N)cc(SC)c2s1. The zero-order valence-corrected chi connectivity index (χ0v) is 9.97. The number of hydrogen-bond donors (Lipinski definition) is 1. The molecule has 0 aliphatic heterocycles. The molecule has 0 atom stereocenters. The molecule has 0 fully saturated rings. The minimum Gasteiger partial charge on any atom is -0.399 e. The summed E-state index contributed by atoms with van der Waals surface area (Å²) >= 11 is 3.65. The van der Waals surface area contributed by atoms with Gasteiger partial charge in [0.1, 0.15) is 0 Å². The summed E-state index contributed by atoms with van der Waals surface area (Å²) in [5.41, 5.74) is 6.71. The van der Waals surface area contributed by atoms with Crippen molar-refractivity contribution in [3.05, 3.63) is 23.1 Å². The summed E-state index contributed by atoms with van der Waals surface area (Å²) in [6.07, 6.45) is 3.20. The summed E-state index contributed by atoms with van der Waals surface area (Å²) in [5, 5.41) is 1.29. The summed E-state index contributed by atoms with van der Waals surface area (Å²) in [7, 11) is 0. The highest BCUT2D eigenvalue weighted by Crippen LogP contribution is 2.35. The summed E-state index contributed by atoms with van der Waals surface area (Å²) < 4.78 is 1.38. The molecular weight excluding hydrogens is 210 g/mol. The number of anilines is 1. The van der Waals surface area contributed by atoms with Gasteiger partial charge in [-0.25, -0.2) is 0 Å². The van der Waals surface area contributed by atoms with Crippen LogP contribution in [0.5, 0.6) is 0 Å². The Bertz CT molecular complexity index is 460. The first-order valence-corrected chi connectivity index (χ1v) is 6.64. The van der Waals surface area contributed by atoms with Gasteiger partial charge in [0.25, 0.3) is 0 Å². The molecule has 0 aliphatic rings. The van der Waals surface area contributed by atoms with E-state index < -0.39 is 0 Å². The molecule has 0 amide bonds. The van der Waals surface area contributed by atoms with Crippen molar-refractivity contribution in [1.82, 2.24) is 0 Å². The maximum absolute atomic E-state index is 5.84. The number of nitrogen functional groups attached to an aromatic ring is 1. The van der Waals surface area contributed by atoms with E-state index >= 15 is 0 Å². The Kier molecular flexibility index (Phi) is 2.70. The third-order valence-corrected chi connectivity index (χ3v) is 4.44. The van der Waals surface area contributed by atoms with E-state index in [9.17, 15) is 0 Å². The van der Waals surface area contributed by atoms with Crippen LogP contribution in [-0.2, 0) is 6.42 Å². The van der Waals surface area contributed by atoms with Gasteiger partial charge >= 0.3 is 0 Å². The lowest BCUT2D eigenvalue weighted by Gasteiger charge is -2.00. The molecule has 14 heavy (non-hydrogen) atoms. The molecule has 0 aliphatic carbocycles. The summed E-state index contributed by atoms with van der Waals surface area (Å²) in [5.74, 6) is 0. The average Bonchev–Trinajstić information content (AvgIpc) is 2.59. The number of thiophene rings is 1. The van der Waals surface area contributed by atoms with Crippen LogP contribution in [0.2, 0.25) is 0 Å². The molecule has 2 aromatic rings. The van der Waals surface area contributed by atoms with E-state index in [-0.39, 0.29) is 0 Å². The molecule has 0 radical (unpaired) electrons. The largest absolute Gasteiger partial charge is 0.399 e. The normalized spacial score (nSPS) is 11.0. The van der Waals surface area contributed by atoms with E-state index in [4.69, 9.17) is 5.73 Å². The van der Waals surface area contributed by atoms with Crippen LogP contribution in [0.1, 0.15) is 11.8 Å². The molecule has 2 rings (SSSR count). The van der Waals surface area contributed by atoms with Gasteiger partial charge < -0.3 is 5.73 Å². The van der Waals surface area contributed by atoms with Crippen LogP contribution in [0, 0.1) is 0 Å². The Morgan fingerprint density at radius 2 is 2.14 bits per heavy atom. The van der Waals surface area contributed by atoms with Crippen molar-refractivity contribution in [1.29, 1.82) is 0 Å². The van der Waals surface area contributed by atoms with Crippen LogP contribution in [0.25, 0.3) is 10.1 Å². The van der Waals surface area contributed by atoms with Crippen molar-refractivity contribution in [3.8, 4) is 0 Å². The monoisotopic (exact) mass is 223 g/mol. The maximum Gasteiger partial charge on any atom is 0.0482 e. The van der Waals surface area contributed by atoms with Crippen LogP contribution in [0.15, 0.2) is 23.1 Å². The molecule has 74 valence electrons. The van der Waals surface area contributed by atoms with Crippen LogP contribution in [-0.4, -0.2) is 6.26 Å². The first-order chi connectivity index (χ1) is 6.74. The fraction of sp³-hybridized carbons (Fsp3) is 0.273. The topological polar surface area (TPSA) is 26.0 Å². The van der Waals surface area contributed by atoms with Crippen molar-refractivity contribution in [3.63, 3.8) is 0 Å². The number of benzene rings is 1. The molecule has 2 N–H and O–H groups in total. The summed E-state index contributed by atoms with van der Waals surface area (Å²) in [6, 6.07) is 6.36. The van der Waals surface area contributed by atoms with Crippen molar-refractivity contribution >= 4 is 38.9 Å². The molecule has 1 aromatic carbocycles. The minimum atomic E-state index is 0.863. The van der Waals surface area contributed by atoms with Gasteiger partial charge in [0, 0.05) is 20.2 Å². The number of nitrogens with two attached hydrogens (primary N) is 1. The number of rotatable bonds is 2. The van der Waals surface area contributed by atoms with E-state index in [0.717, 1.165) is 12.1 Å². The zero-order chi connectivity index (χ0) is 10.1. The highest BCUT2D eigenvalue weighted by atomic mass is 32.2. The lowest BCUT2D eigenvalue weighted by atomic mass is 10.2. The van der Waals surface area contributed by atoms with E-state index in [0.29, 0.717) is 0 Å². The second-order valence-corrected chi connectivity index (χ2v) is 5.19. The molecule has 0 saturated heterocycles. The van der Waals surface area contributed by atoms with Gasteiger partial charge in [0.2, 0.25) is 0 Å². The Morgan fingerprint density at radius 3 is 2.79 bits per heavy atom. The van der Waals surface area contributed by atoms with Gasteiger partial charge in [0.05, 0.1) is 0 Å². The van der Waals surface area contributed by atoms with Crippen molar-refractivity contribution < 1.29 is 0 Å². The minimum absolute atomic E-state index is 0.863. The molecule has 1 nitrogen and oxygen atoms in total. The molecular formula is C11H13NS2. The molecule has 0 spiro atoms. The fourth-order valence-corrected chi connectivity index (χ4v) is 3.44. The van der Waals surface area contributed by atoms with Crippen LogP contribution >= 0.6 is 23.1 Å². The van der Waals surface area contributed by atoms with E-state index in [1.54, 1.807) is 11.8 Å². The molecule has 3 heteroatoms. The third kappa shape index (κ3) is 1.62. The smallest absolute Gasteiger partial charge is 0.0482 e. The van der Waals surface area contributed by atoms with Gasteiger partial charge in [-0.2, -0.15) is 0 Å². The van der Waals surface area contributed by atoms with E-state index in [1.165, 1.54) is 19.9 Å². The summed E-state index contributed by atoms with van der Waals surface area (Å²) in [6.45, 7) is 2.19. The van der Waals surface area contributed by atoms with Gasteiger partial charge in [-0.15, -0.1) is 23.1 Å². The first kappa shape index (κ1) is 9.87. The molecule has 0 bridgehead atoms. The van der Waals surface area contributed by atoms with Crippen molar-refractivity contribution in [2.45, 2.75) is 18.2 Å². The molecule has 1 heterocycles. The second kappa shape index (κ2) is 3.83. The molecule has 0 unspecified atom stereocenters. The molecule has 1 aromatic heterocycles. The van der Waals surface area contributed by atoms with E-state index in [2.05, 4.69) is 31.4 Å². The Balaban J connectivity index is 2.71. The average molecular weight is 223 g/mol. The van der Waals surface area contributed by atoms with Gasteiger partial charge in [-0.05, 0) is 36.3 Å². The van der Waals surface area contributed by atoms with Crippen LogP contribution in [0.3, 0.4) is 0 Å². The predicted octanol–water partition coefficient (Wildman–Crippen LogP) is 3.77. The number of fused-ring (bicyclic) bond motifs is 1. The quantitative estimate of drug-likeness (QED) is 0.619. The Hall–Kier alpha value is -0.670. The van der Waals surface area contributed by atoms with Gasteiger partial charge in [-0.3, -0.25) is 0 Å². The first-order valence-electron chi connectivity index (χ1n) is 4.60. The highest BCUT2D eigenvalue weighted by Gasteiger charge is 2.06. The van der Waals surface area contributed by atoms with E-state index in [1.807, 2.05) is 11.3 Å².